The summed E-state index contributed by atoms with van der Waals surface area (Å²) in [6, 6.07) is 0.0396. The predicted octanol–water partition coefficient (Wildman–Crippen LogP) is 0.689. The van der Waals surface area contributed by atoms with E-state index >= 15 is 0 Å². The quantitative estimate of drug-likeness (QED) is 0.665. The van der Waals surface area contributed by atoms with E-state index in [1.807, 2.05) is 20.8 Å². The van der Waals surface area contributed by atoms with Crippen LogP contribution in [0.5, 0.6) is 0 Å². The van der Waals surface area contributed by atoms with Crippen molar-refractivity contribution in [2.75, 3.05) is 12.3 Å². The smallest absolute Gasteiger partial charge is 0.211 e. The predicted molar refractivity (Wildman–Crippen MR) is 59.5 cm³/mol. The average Bonchev–Trinajstić information content (AvgIpc) is 2.10. The Labute approximate surface area is 87.3 Å². The molecule has 0 radical (unpaired) electrons. The molecular formula is C9H22N2O2S. The van der Waals surface area contributed by atoms with Crippen molar-refractivity contribution in [3.05, 3.63) is 0 Å². The van der Waals surface area contributed by atoms with E-state index in [1.54, 1.807) is 0 Å². The SMILES string of the molecule is CCC(NS(=O)(=O)CCCN)C(C)C. The van der Waals surface area contributed by atoms with Crippen molar-refractivity contribution in [2.24, 2.45) is 11.7 Å². The molecule has 0 fully saturated rings. The highest BCUT2D eigenvalue weighted by molar-refractivity contribution is 7.89. The van der Waals surface area contributed by atoms with E-state index in [-0.39, 0.29) is 11.8 Å². The lowest BCUT2D eigenvalue weighted by Crippen LogP contribution is -2.39. The van der Waals surface area contributed by atoms with Gasteiger partial charge in [-0.15, -0.1) is 0 Å². The molecule has 0 spiro atoms. The molecule has 0 amide bonds. The molecule has 0 aliphatic carbocycles. The van der Waals surface area contributed by atoms with Crippen LogP contribution in [0.4, 0.5) is 0 Å². The van der Waals surface area contributed by atoms with Crippen LogP contribution in [0.1, 0.15) is 33.6 Å². The summed E-state index contributed by atoms with van der Waals surface area (Å²) in [4.78, 5) is 0. The fraction of sp³-hybridized carbons (Fsp3) is 1.00. The van der Waals surface area contributed by atoms with Crippen molar-refractivity contribution in [1.82, 2.24) is 4.72 Å². The van der Waals surface area contributed by atoms with Gasteiger partial charge in [0, 0.05) is 6.04 Å². The Morgan fingerprint density at radius 2 is 1.93 bits per heavy atom. The Morgan fingerprint density at radius 3 is 2.29 bits per heavy atom. The molecule has 0 aliphatic heterocycles. The summed E-state index contributed by atoms with van der Waals surface area (Å²) in [5.74, 6) is 0.458. The summed E-state index contributed by atoms with van der Waals surface area (Å²) in [5.41, 5.74) is 5.27. The highest BCUT2D eigenvalue weighted by Gasteiger charge is 2.18. The van der Waals surface area contributed by atoms with Crippen LogP contribution in [-0.2, 0) is 10.0 Å². The first-order chi connectivity index (χ1) is 6.43. The van der Waals surface area contributed by atoms with Gasteiger partial charge >= 0.3 is 0 Å². The van der Waals surface area contributed by atoms with E-state index in [9.17, 15) is 8.42 Å². The van der Waals surface area contributed by atoms with Gasteiger partial charge < -0.3 is 5.73 Å². The minimum atomic E-state index is -3.13. The van der Waals surface area contributed by atoms with Gasteiger partial charge in [0.25, 0.3) is 0 Å². The molecule has 3 N–H and O–H groups in total. The van der Waals surface area contributed by atoms with Gasteiger partial charge in [0.05, 0.1) is 5.75 Å². The molecular weight excluding hydrogens is 200 g/mol. The second-order valence-corrected chi connectivity index (χ2v) is 5.71. The standard InChI is InChI=1S/C9H22N2O2S/c1-4-9(8(2)3)11-14(12,13)7-5-6-10/h8-9,11H,4-7,10H2,1-3H3. The van der Waals surface area contributed by atoms with Gasteiger partial charge in [0.15, 0.2) is 0 Å². The second kappa shape index (κ2) is 6.37. The maximum Gasteiger partial charge on any atom is 0.211 e. The first-order valence-corrected chi connectivity index (χ1v) is 6.78. The Hall–Kier alpha value is -0.130. The van der Waals surface area contributed by atoms with Crippen LogP contribution in [-0.4, -0.2) is 26.8 Å². The lowest BCUT2D eigenvalue weighted by Gasteiger charge is -2.20. The zero-order chi connectivity index (χ0) is 11.2. The molecule has 0 saturated carbocycles. The summed E-state index contributed by atoms with van der Waals surface area (Å²) >= 11 is 0. The molecule has 0 aromatic rings. The van der Waals surface area contributed by atoms with Crippen LogP contribution in [0, 0.1) is 5.92 Å². The summed E-state index contributed by atoms with van der Waals surface area (Å²) in [7, 11) is -3.13. The van der Waals surface area contributed by atoms with Crippen LogP contribution in [0.3, 0.4) is 0 Å². The molecule has 5 heteroatoms. The van der Waals surface area contributed by atoms with Crippen LogP contribution in [0.25, 0.3) is 0 Å². The molecule has 0 saturated heterocycles. The minimum absolute atomic E-state index is 0.0396. The zero-order valence-corrected chi connectivity index (χ0v) is 10.1. The molecule has 0 aromatic heterocycles. The number of nitrogens with one attached hydrogen (secondary N) is 1. The Bertz CT molecular complexity index is 237. The maximum absolute atomic E-state index is 11.5. The van der Waals surface area contributed by atoms with Crippen molar-refractivity contribution in [2.45, 2.75) is 39.7 Å². The van der Waals surface area contributed by atoms with E-state index in [0.717, 1.165) is 6.42 Å². The largest absolute Gasteiger partial charge is 0.330 e. The molecule has 4 nitrogen and oxygen atoms in total. The first-order valence-electron chi connectivity index (χ1n) is 5.13. The number of hydrogen-bond donors (Lipinski definition) is 2. The van der Waals surface area contributed by atoms with Crippen LogP contribution < -0.4 is 10.5 Å². The molecule has 0 bridgehead atoms. The minimum Gasteiger partial charge on any atom is -0.330 e. The van der Waals surface area contributed by atoms with Gasteiger partial charge in [-0.2, -0.15) is 0 Å². The number of rotatable bonds is 7. The first kappa shape index (κ1) is 13.9. The molecule has 0 heterocycles. The fourth-order valence-corrected chi connectivity index (χ4v) is 2.82. The Balaban J connectivity index is 4.18. The van der Waals surface area contributed by atoms with Crippen molar-refractivity contribution >= 4 is 10.0 Å². The van der Waals surface area contributed by atoms with Gasteiger partial charge in [-0.25, -0.2) is 13.1 Å². The summed E-state index contributed by atoms with van der Waals surface area (Å²) in [6.45, 7) is 6.43. The van der Waals surface area contributed by atoms with Crippen molar-refractivity contribution < 1.29 is 8.42 Å². The van der Waals surface area contributed by atoms with Crippen LogP contribution in [0.2, 0.25) is 0 Å². The van der Waals surface area contributed by atoms with Crippen molar-refractivity contribution in [3.8, 4) is 0 Å². The second-order valence-electron chi connectivity index (χ2n) is 3.84. The topological polar surface area (TPSA) is 72.2 Å². The Kier molecular flexibility index (Phi) is 6.31. The van der Waals surface area contributed by atoms with E-state index in [0.29, 0.717) is 18.9 Å². The van der Waals surface area contributed by atoms with E-state index < -0.39 is 10.0 Å². The Morgan fingerprint density at radius 1 is 1.36 bits per heavy atom. The number of nitrogens with two attached hydrogens (primary N) is 1. The molecule has 0 aromatic carbocycles. The zero-order valence-electron chi connectivity index (χ0n) is 9.29. The number of sulfonamides is 1. The average molecular weight is 222 g/mol. The summed E-state index contributed by atoms with van der Waals surface area (Å²) < 4.78 is 25.7. The molecule has 86 valence electrons. The lowest BCUT2D eigenvalue weighted by molar-refractivity contribution is 0.437. The third kappa shape index (κ3) is 5.57. The van der Waals surface area contributed by atoms with Gasteiger partial charge in [0.2, 0.25) is 10.0 Å². The molecule has 0 rings (SSSR count). The molecule has 1 atom stereocenters. The van der Waals surface area contributed by atoms with Gasteiger partial charge in [0.1, 0.15) is 0 Å². The number of hydrogen-bond acceptors (Lipinski definition) is 3. The van der Waals surface area contributed by atoms with Gasteiger partial charge in [-0.05, 0) is 25.3 Å². The summed E-state index contributed by atoms with van der Waals surface area (Å²) in [5, 5.41) is 0. The lowest BCUT2D eigenvalue weighted by atomic mass is 10.0. The van der Waals surface area contributed by atoms with Crippen molar-refractivity contribution in [1.29, 1.82) is 0 Å². The van der Waals surface area contributed by atoms with E-state index in [1.165, 1.54) is 0 Å². The normalized spacial score (nSPS) is 14.6. The van der Waals surface area contributed by atoms with Crippen LogP contribution >= 0.6 is 0 Å². The van der Waals surface area contributed by atoms with Crippen LogP contribution in [0.15, 0.2) is 0 Å². The van der Waals surface area contributed by atoms with Crippen molar-refractivity contribution in [3.63, 3.8) is 0 Å². The highest BCUT2D eigenvalue weighted by Crippen LogP contribution is 2.07. The maximum atomic E-state index is 11.5. The molecule has 1 unspecified atom stereocenters. The highest BCUT2D eigenvalue weighted by atomic mass is 32.2. The third-order valence-electron chi connectivity index (χ3n) is 2.19. The van der Waals surface area contributed by atoms with E-state index in [2.05, 4.69) is 4.72 Å². The third-order valence-corrected chi connectivity index (χ3v) is 3.68. The van der Waals surface area contributed by atoms with Gasteiger partial charge in [-0.1, -0.05) is 20.8 Å². The van der Waals surface area contributed by atoms with Gasteiger partial charge in [-0.3, -0.25) is 0 Å². The summed E-state index contributed by atoms with van der Waals surface area (Å²) in [6.07, 6.45) is 1.34. The monoisotopic (exact) mass is 222 g/mol. The molecule has 0 aliphatic rings. The molecule has 14 heavy (non-hydrogen) atoms. The van der Waals surface area contributed by atoms with E-state index in [4.69, 9.17) is 5.73 Å². The fourth-order valence-electron chi connectivity index (χ4n) is 1.25.